The largest absolute Gasteiger partial charge is 0.378 e. The molecule has 0 spiro atoms. The van der Waals surface area contributed by atoms with Crippen LogP contribution < -0.4 is 0 Å². The molecule has 0 aliphatic carbocycles. The first-order chi connectivity index (χ1) is 10.8. The molecule has 1 fully saturated rings. The van der Waals surface area contributed by atoms with Gasteiger partial charge in [-0.25, -0.2) is 0 Å². The van der Waals surface area contributed by atoms with E-state index in [1.54, 1.807) is 11.8 Å². The number of rotatable bonds is 4. The number of hydrogen-bond donors (Lipinski definition) is 1. The normalized spacial score (nSPS) is 14.2. The Morgan fingerprint density at radius 3 is 2.39 bits per heavy atom. The lowest BCUT2D eigenvalue weighted by Gasteiger charge is -2.29. The van der Waals surface area contributed by atoms with E-state index in [-0.39, 0.29) is 12.4 Å². The van der Waals surface area contributed by atoms with Crippen molar-refractivity contribution in [3.63, 3.8) is 0 Å². The number of hydrogen-bond acceptors (Lipinski definition) is 3. The van der Waals surface area contributed by atoms with Gasteiger partial charge in [-0.05, 0) is 23.8 Å². The zero-order valence-corrected chi connectivity index (χ0v) is 14.5. The number of benzene rings is 2. The Hall–Kier alpha value is -1.49. The molecule has 23 heavy (non-hydrogen) atoms. The van der Waals surface area contributed by atoms with E-state index < -0.39 is 0 Å². The average Bonchev–Trinajstić information content (AvgIpc) is 2.58. The fraction of sp³-hybridized carbons (Fsp3) is 0.278. The third-order valence-electron chi connectivity index (χ3n) is 3.69. The highest BCUT2D eigenvalue weighted by atomic mass is 35.5. The minimum absolute atomic E-state index is 0. The molecular formula is C18H21ClN2OS. The summed E-state index contributed by atoms with van der Waals surface area (Å²) in [4.78, 5) is 4.58. The second-order valence-electron chi connectivity index (χ2n) is 5.25. The molecule has 0 saturated carbocycles. The molecule has 3 rings (SSSR count). The zero-order valence-electron chi connectivity index (χ0n) is 12.9. The first-order valence-corrected chi connectivity index (χ1v) is 8.35. The zero-order chi connectivity index (χ0) is 15.2. The Labute approximate surface area is 148 Å². The maximum absolute atomic E-state index is 8.36. The third-order valence-corrected chi connectivity index (χ3v) is 4.82. The summed E-state index contributed by atoms with van der Waals surface area (Å²) in [5.74, 6) is 0.685. The van der Waals surface area contributed by atoms with Gasteiger partial charge in [-0.15, -0.1) is 12.4 Å². The molecule has 1 saturated heterocycles. The van der Waals surface area contributed by atoms with Crippen molar-refractivity contribution in [2.45, 2.75) is 16.2 Å². The number of ether oxygens (including phenoxy) is 1. The summed E-state index contributed by atoms with van der Waals surface area (Å²) in [6.45, 7) is 3.10. The summed E-state index contributed by atoms with van der Waals surface area (Å²) in [7, 11) is 0. The van der Waals surface area contributed by atoms with Gasteiger partial charge in [-0.1, -0.05) is 48.2 Å². The minimum Gasteiger partial charge on any atom is -0.378 e. The van der Waals surface area contributed by atoms with Crippen LogP contribution in [0.1, 0.15) is 5.56 Å². The van der Waals surface area contributed by atoms with Crippen LogP contribution in [0.4, 0.5) is 0 Å². The molecule has 1 N–H and O–H groups in total. The lowest BCUT2D eigenvalue weighted by molar-refractivity contribution is 0.0670. The van der Waals surface area contributed by atoms with Crippen molar-refractivity contribution in [2.24, 2.45) is 0 Å². The van der Waals surface area contributed by atoms with Gasteiger partial charge in [0, 0.05) is 29.3 Å². The van der Waals surface area contributed by atoms with E-state index in [1.165, 1.54) is 15.4 Å². The maximum atomic E-state index is 8.36. The van der Waals surface area contributed by atoms with Crippen LogP contribution >= 0.6 is 24.2 Å². The Balaban J connectivity index is 0.00000192. The van der Waals surface area contributed by atoms with E-state index in [0.717, 1.165) is 26.3 Å². The Morgan fingerprint density at radius 1 is 1.00 bits per heavy atom. The van der Waals surface area contributed by atoms with Crippen LogP contribution in [-0.4, -0.2) is 37.0 Å². The number of nitrogens with zero attached hydrogens (tertiary/aromatic N) is 1. The third kappa shape index (κ3) is 4.99. The molecule has 0 radical (unpaired) electrons. The van der Waals surface area contributed by atoms with Crippen molar-refractivity contribution in [3.05, 3.63) is 60.2 Å². The summed E-state index contributed by atoms with van der Waals surface area (Å²) < 4.78 is 5.36. The second-order valence-corrected chi connectivity index (χ2v) is 6.36. The highest BCUT2D eigenvalue weighted by molar-refractivity contribution is 7.99. The first kappa shape index (κ1) is 17.9. The summed E-state index contributed by atoms with van der Waals surface area (Å²) in [6.07, 6.45) is 0.677. The van der Waals surface area contributed by atoms with Crippen LogP contribution in [0.25, 0.3) is 0 Å². The standard InChI is InChI=1S/C18H20N2OS.ClH/c19-18(20-10-12-21-13-11-20)14-15-6-4-5-9-17(15)22-16-7-2-1-3-8-16;/h1-9,19H,10-14H2;1H. The van der Waals surface area contributed by atoms with Crippen LogP contribution in [0.3, 0.4) is 0 Å². The van der Waals surface area contributed by atoms with Crippen molar-refractivity contribution < 1.29 is 4.74 Å². The molecule has 5 heteroatoms. The molecule has 0 atom stereocenters. The summed E-state index contributed by atoms with van der Waals surface area (Å²) >= 11 is 1.76. The molecule has 3 nitrogen and oxygen atoms in total. The van der Waals surface area contributed by atoms with Gasteiger partial charge in [-0.2, -0.15) is 0 Å². The predicted octanol–water partition coefficient (Wildman–Crippen LogP) is 4.11. The van der Waals surface area contributed by atoms with Gasteiger partial charge >= 0.3 is 0 Å². The van der Waals surface area contributed by atoms with E-state index in [2.05, 4.69) is 53.4 Å². The lowest BCUT2D eigenvalue weighted by Crippen LogP contribution is -2.41. The van der Waals surface area contributed by atoms with Crippen LogP contribution in [0.2, 0.25) is 0 Å². The topological polar surface area (TPSA) is 36.3 Å². The fourth-order valence-electron chi connectivity index (χ4n) is 2.49. The molecule has 2 aromatic rings. The SMILES string of the molecule is Cl.N=C(Cc1ccccc1Sc1ccccc1)N1CCOCC1. The van der Waals surface area contributed by atoms with E-state index in [4.69, 9.17) is 10.1 Å². The highest BCUT2D eigenvalue weighted by Gasteiger charge is 2.15. The van der Waals surface area contributed by atoms with Crippen molar-refractivity contribution in [1.29, 1.82) is 5.41 Å². The Bertz CT molecular complexity index is 630. The van der Waals surface area contributed by atoms with E-state index in [0.29, 0.717) is 12.3 Å². The molecular weight excluding hydrogens is 328 g/mol. The molecule has 1 aliphatic rings. The summed E-state index contributed by atoms with van der Waals surface area (Å²) in [5, 5.41) is 8.36. The van der Waals surface area contributed by atoms with E-state index in [1.807, 2.05) is 6.07 Å². The summed E-state index contributed by atoms with van der Waals surface area (Å²) in [5.41, 5.74) is 1.22. The quantitative estimate of drug-likeness (QED) is 0.667. The average molecular weight is 349 g/mol. The van der Waals surface area contributed by atoms with Crippen molar-refractivity contribution >= 4 is 30.0 Å². The predicted molar refractivity (Wildman–Crippen MR) is 98.1 cm³/mol. The minimum atomic E-state index is 0. The van der Waals surface area contributed by atoms with Gasteiger partial charge in [0.25, 0.3) is 0 Å². The first-order valence-electron chi connectivity index (χ1n) is 7.54. The smallest absolute Gasteiger partial charge is 0.100 e. The van der Waals surface area contributed by atoms with Crippen molar-refractivity contribution in [1.82, 2.24) is 4.90 Å². The second kappa shape index (κ2) is 8.96. The molecule has 0 amide bonds. The molecule has 1 heterocycles. The molecule has 122 valence electrons. The van der Waals surface area contributed by atoms with Crippen LogP contribution in [0, 0.1) is 5.41 Å². The number of amidine groups is 1. The Morgan fingerprint density at radius 2 is 1.65 bits per heavy atom. The molecule has 0 unspecified atom stereocenters. The van der Waals surface area contributed by atoms with E-state index >= 15 is 0 Å². The molecule has 2 aromatic carbocycles. The van der Waals surface area contributed by atoms with Gasteiger partial charge in [0.2, 0.25) is 0 Å². The van der Waals surface area contributed by atoms with Gasteiger partial charge in [0.15, 0.2) is 0 Å². The molecule has 1 aliphatic heterocycles. The van der Waals surface area contributed by atoms with Crippen molar-refractivity contribution in [3.8, 4) is 0 Å². The fourth-order valence-corrected chi connectivity index (χ4v) is 3.46. The lowest BCUT2D eigenvalue weighted by atomic mass is 10.1. The van der Waals surface area contributed by atoms with Gasteiger partial charge < -0.3 is 9.64 Å². The maximum Gasteiger partial charge on any atom is 0.100 e. The van der Waals surface area contributed by atoms with Crippen molar-refractivity contribution in [2.75, 3.05) is 26.3 Å². The van der Waals surface area contributed by atoms with Gasteiger partial charge in [0.05, 0.1) is 13.2 Å². The Kier molecular flexibility index (Phi) is 6.96. The summed E-state index contributed by atoms with van der Waals surface area (Å²) in [6, 6.07) is 18.8. The van der Waals surface area contributed by atoms with Gasteiger partial charge in [0.1, 0.15) is 5.84 Å². The van der Waals surface area contributed by atoms with E-state index in [9.17, 15) is 0 Å². The monoisotopic (exact) mass is 348 g/mol. The number of morpholine rings is 1. The molecule has 0 bridgehead atoms. The van der Waals surface area contributed by atoms with Gasteiger partial charge in [-0.3, -0.25) is 5.41 Å². The van der Waals surface area contributed by atoms with Crippen LogP contribution in [0.15, 0.2) is 64.4 Å². The number of halogens is 1. The number of nitrogens with one attached hydrogen (secondary N) is 1. The highest BCUT2D eigenvalue weighted by Crippen LogP contribution is 2.30. The molecule has 0 aromatic heterocycles. The van der Waals surface area contributed by atoms with Crippen LogP contribution in [0.5, 0.6) is 0 Å². The van der Waals surface area contributed by atoms with Crippen LogP contribution in [-0.2, 0) is 11.2 Å².